The summed E-state index contributed by atoms with van der Waals surface area (Å²) < 4.78 is 14.8. The van der Waals surface area contributed by atoms with Crippen LogP contribution in [0.5, 0.6) is 0 Å². The number of rotatable bonds is 11. The fourth-order valence-electron chi connectivity index (χ4n) is 5.78. The Morgan fingerprint density at radius 1 is 1.07 bits per heavy atom. The highest BCUT2D eigenvalue weighted by molar-refractivity contribution is 6.00. The molecule has 8 nitrogen and oxygen atoms in total. The van der Waals surface area contributed by atoms with Crippen LogP contribution in [0.4, 0.5) is 4.39 Å². The number of aryl methyl sites for hydroxylation is 1. The summed E-state index contributed by atoms with van der Waals surface area (Å²) in [5.41, 5.74) is 9.44. The monoisotopic (exact) mass is 602 g/mol. The molecule has 0 spiro atoms. The zero-order valence-corrected chi connectivity index (χ0v) is 26.3. The van der Waals surface area contributed by atoms with Gasteiger partial charge in [0.2, 0.25) is 0 Å². The molecule has 9 heteroatoms. The Hall–Kier alpha value is -4.89. The zero-order valence-electron chi connectivity index (χ0n) is 26.3. The van der Waals surface area contributed by atoms with Crippen molar-refractivity contribution in [2.75, 3.05) is 27.2 Å². The quantitative estimate of drug-likeness (QED) is 0.147. The largest absolute Gasteiger partial charge is 0.358 e. The van der Waals surface area contributed by atoms with Crippen LogP contribution in [-0.4, -0.2) is 63.4 Å². The summed E-state index contributed by atoms with van der Waals surface area (Å²) in [7, 11) is 4.10. The molecule has 0 aliphatic carbocycles. The smallest absolute Gasteiger partial charge is 0.124 e. The first-order valence-corrected chi connectivity index (χ1v) is 15.4. The van der Waals surface area contributed by atoms with Crippen LogP contribution >= 0.6 is 0 Å². The van der Waals surface area contributed by atoms with Crippen LogP contribution in [-0.2, 0) is 6.42 Å². The number of aromatic amines is 2. The molecule has 1 aliphatic heterocycles. The molecule has 0 fully saturated rings. The summed E-state index contributed by atoms with van der Waals surface area (Å²) in [5, 5.41) is 13.0. The molecule has 3 N–H and O–H groups in total. The number of nitrogens with one attached hydrogen (secondary N) is 3. The van der Waals surface area contributed by atoms with E-state index in [2.05, 4.69) is 74.0 Å². The predicted molar refractivity (Wildman–Crippen MR) is 182 cm³/mol. The SMILES string of the molecule is C=C(CC(C)C)NC1=CC(c2cc3c(-c4cc5c(-c6cc(F)cc(CCCN(C)C)c6)nccc5[nH]4)n[nH]c3cn2)=CCN=C1. The van der Waals surface area contributed by atoms with E-state index in [1.54, 1.807) is 18.3 Å². The van der Waals surface area contributed by atoms with E-state index in [9.17, 15) is 4.39 Å². The number of aliphatic imine (C=N–C) groups is 1. The minimum Gasteiger partial charge on any atom is -0.358 e. The van der Waals surface area contributed by atoms with E-state index >= 15 is 0 Å². The Labute approximate surface area is 262 Å². The Morgan fingerprint density at radius 3 is 2.73 bits per heavy atom. The average Bonchev–Trinajstić information content (AvgIpc) is 3.54. The third kappa shape index (κ3) is 6.94. The number of allylic oxidation sites excluding steroid dienone is 4. The van der Waals surface area contributed by atoms with Gasteiger partial charge in [0.05, 0.1) is 41.0 Å². The molecule has 0 saturated carbocycles. The molecule has 5 heterocycles. The van der Waals surface area contributed by atoms with Crippen LogP contribution in [0.2, 0.25) is 0 Å². The van der Waals surface area contributed by atoms with Crippen molar-refractivity contribution in [1.29, 1.82) is 0 Å². The molecule has 6 rings (SSSR count). The number of aromatic nitrogens is 5. The highest BCUT2D eigenvalue weighted by Crippen LogP contribution is 2.34. The van der Waals surface area contributed by atoms with Crippen LogP contribution in [0.1, 0.15) is 37.9 Å². The molecule has 0 amide bonds. The number of nitrogens with zero attached hydrogens (tertiary/aromatic N) is 5. The first-order chi connectivity index (χ1) is 21.7. The molecule has 4 aromatic heterocycles. The van der Waals surface area contributed by atoms with Crippen LogP contribution in [0, 0.1) is 11.7 Å². The fourth-order valence-corrected chi connectivity index (χ4v) is 5.78. The number of H-pyrrole nitrogens is 2. The van der Waals surface area contributed by atoms with E-state index in [1.807, 2.05) is 44.7 Å². The molecule has 5 aromatic rings. The number of benzene rings is 1. The maximum absolute atomic E-state index is 14.8. The van der Waals surface area contributed by atoms with E-state index in [4.69, 9.17) is 4.98 Å². The number of hydrogen-bond acceptors (Lipinski definition) is 6. The highest BCUT2D eigenvalue weighted by atomic mass is 19.1. The number of hydrogen-bond donors (Lipinski definition) is 3. The van der Waals surface area contributed by atoms with E-state index < -0.39 is 0 Å². The van der Waals surface area contributed by atoms with Crippen molar-refractivity contribution in [3.8, 4) is 22.6 Å². The van der Waals surface area contributed by atoms with Gasteiger partial charge in [0.1, 0.15) is 11.5 Å². The van der Waals surface area contributed by atoms with Gasteiger partial charge in [-0.3, -0.25) is 20.1 Å². The molecular formula is C36H39FN8. The number of fused-ring (bicyclic) bond motifs is 2. The maximum atomic E-state index is 14.8. The topological polar surface area (TPSA) is 97.9 Å². The standard InChI is InChI=1S/C36H39FN8/c1-22(2)13-23(3)41-28-17-25(8-10-38-20-28)32-18-30-34(21-40-32)43-44-36(30)33-19-29-31(42-33)9-11-39-35(29)26-14-24(15-27(37)16-26)7-6-12-45(4)5/h8-9,11,14-22,41-42H,3,6-7,10,12-13H2,1-2,4-5H3,(H,43,44). The van der Waals surface area contributed by atoms with Gasteiger partial charge in [-0.15, -0.1) is 0 Å². The van der Waals surface area contributed by atoms with Crippen molar-refractivity contribution >= 4 is 33.6 Å². The summed E-state index contributed by atoms with van der Waals surface area (Å²) in [6, 6.07) is 11.3. The molecule has 0 atom stereocenters. The maximum Gasteiger partial charge on any atom is 0.124 e. The molecule has 0 radical (unpaired) electrons. The highest BCUT2D eigenvalue weighted by Gasteiger charge is 2.17. The van der Waals surface area contributed by atoms with Gasteiger partial charge in [0.25, 0.3) is 0 Å². The summed E-state index contributed by atoms with van der Waals surface area (Å²) in [6.45, 7) is 10.0. The second kappa shape index (κ2) is 13.0. The van der Waals surface area contributed by atoms with Gasteiger partial charge in [0.15, 0.2) is 0 Å². The van der Waals surface area contributed by atoms with Crippen LogP contribution in [0.15, 0.2) is 83.9 Å². The van der Waals surface area contributed by atoms with Crippen molar-refractivity contribution in [2.24, 2.45) is 10.9 Å². The lowest BCUT2D eigenvalue weighted by atomic mass is 10.0. The van der Waals surface area contributed by atoms with Crippen LogP contribution < -0.4 is 5.32 Å². The van der Waals surface area contributed by atoms with Crippen molar-refractivity contribution in [3.05, 3.63) is 96.0 Å². The van der Waals surface area contributed by atoms with Crippen LogP contribution in [0.3, 0.4) is 0 Å². The Bertz CT molecular complexity index is 1960. The third-order valence-electron chi connectivity index (χ3n) is 7.78. The summed E-state index contributed by atoms with van der Waals surface area (Å²) in [4.78, 5) is 19.6. The van der Waals surface area contributed by atoms with Gasteiger partial charge < -0.3 is 15.2 Å². The average molecular weight is 603 g/mol. The van der Waals surface area contributed by atoms with Crippen molar-refractivity contribution in [3.63, 3.8) is 0 Å². The molecule has 0 bridgehead atoms. The first-order valence-electron chi connectivity index (χ1n) is 15.4. The molecule has 1 aliphatic rings. The van der Waals surface area contributed by atoms with E-state index in [1.165, 1.54) is 0 Å². The van der Waals surface area contributed by atoms with Gasteiger partial charge >= 0.3 is 0 Å². The van der Waals surface area contributed by atoms with E-state index in [0.717, 1.165) is 98.5 Å². The minimum absolute atomic E-state index is 0.255. The molecule has 0 unspecified atom stereocenters. The van der Waals surface area contributed by atoms with Gasteiger partial charge in [-0.1, -0.05) is 26.5 Å². The lowest BCUT2D eigenvalue weighted by molar-refractivity contribution is 0.400. The van der Waals surface area contributed by atoms with Gasteiger partial charge in [-0.05, 0) is 93.9 Å². The lowest BCUT2D eigenvalue weighted by Gasteiger charge is -2.12. The number of halogens is 1. The van der Waals surface area contributed by atoms with Gasteiger partial charge in [-0.2, -0.15) is 5.10 Å². The molecule has 230 valence electrons. The van der Waals surface area contributed by atoms with Crippen molar-refractivity contribution in [1.82, 2.24) is 35.4 Å². The van der Waals surface area contributed by atoms with Gasteiger partial charge in [0, 0.05) is 45.5 Å². The summed E-state index contributed by atoms with van der Waals surface area (Å²) >= 11 is 0. The van der Waals surface area contributed by atoms with Gasteiger partial charge in [-0.25, -0.2) is 4.39 Å². The molecule has 1 aromatic carbocycles. The Balaban J connectivity index is 1.33. The third-order valence-corrected chi connectivity index (χ3v) is 7.78. The predicted octanol–water partition coefficient (Wildman–Crippen LogP) is 7.30. The van der Waals surface area contributed by atoms with Crippen LogP contribution in [0.25, 0.3) is 50.0 Å². The normalized spacial score (nSPS) is 13.5. The lowest BCUT2D eigenvalue weighted by Crippen LogP contribution is -2.14. The van der Waals surface area contributed by atoms with Crippen molar-refractivity contribution in [2.45, 2.75) is 33.1 Å². The van der Waals surface area contributed by atoms with E-state index in [-0.39, 0.29) is 5.82 Å². The van der Waals surface area contributed by atoms with Crippen molar-refractivity contribution < 1.29 is 4.39 Å². The zero-order chi connectivity index (χ0) is 31.5. The van der Waals surface area contributed by atoms with E-state index in [0.29, 0.717) is 12.5 Å². The first kappa shape index (κ1) is 30.1. The molecule has 45 heavy (non-hydrogen) atoms. The Kier molecular flexibility index (Phi) is 8.71. The second-order valence-electron chi connectivity index (χ2n) is 12.3. The summed E-state index contributed by atoms with van der Waals surface area (Å²) in [5.74, 6) is 0.253. The minimum atomic E-state index is -0.255. The second-order valence-corrected chi connectivity index (χ2v) is 12.3. The summed E-state index contributed by atoms with van der Waals surface area (Å²) in [6.07, 6.45) is 12.2. The molecular weight excluding hydrogens is 563 g/mol. The molecule has 0 saturated heterocycles. The fraction of sp³-hybridized carbons (Fsp3) is 0.278. The Morgan fingerprint density at radius 2 is 1.91 bits per heavy atom. The number of pyridine rings is 2.